The van der Waals surface area contributed by atoms with E-state index in [1.165, 1.54) is 30.3 Å². The first-order valence-electron chi connectivity index (χ1n) is 7.71. The smallest absolute Gasteiger partial charge is 0.267 e. The number of benzene rings is 2. The molecule has 0 aliphatic rings. The number of hydrazine groups is 1. The lowest BCUT2D eigenvalue weighted by Gasteiger charge is -2.09. The van der Waals surface area contributed by atoms with Gasteiger partial charge < -0.3 is 0 Å². The van der Waals surface area contributed by atoms with Crippen LogP contribution in [0.3, 0.4) is 0 Å². The van der Waals surface area contributed by atoms with Gasteiger partial charge in [-0.25, -0.2) is 13.1 Å². The Bertz CT molecular complexity index is 922. The van der Waals surface area contributed by atoms with Gasteiger partial charge in [-0.15, -0.1) is 6.58 Å². The Morgan fingerprint density at radius 1 is 1.00 bits per heavy atom. The van der Waals surface area contributed by atoms with Crippen molar-refractivity contribution in [3.8, 4) is 0 Å². The highest BCUT2D eigenvalue weighted by Crippen LogP contribution is 2.11. The number of carbonyl (C=O) groups is 2. The number of amides is 2. The number of rotatable bonds is 6. The molecule has 2 aromatic rings. The van der Waals surface area contributed by atoms with Crippen molar-refractivity contribution in [2.45, 2.75) is 11.8 Å². The Morgan fingerprint density at radius 2 is 1.62 bits per heavy atom. The van der Waals surface area contributed by atoms with Gasteiger partial charge in [0.2, 0.25) is 10.0 Å². The molecule has 0 fully saturated rings. The van der Waals surface area contributed by atoms with Gasteiger partial charge in [-0.2, -0.15) is 0 Å². The normalized spacial score (nSPS) is 10.8. The van der Waals surface area contributed by atoms with Gasteiger partial charge in [0, 0.05) is 17.7 Å². The van der Waals surface area contributed by atoms with Crippen molar-refractivity contribution in [3.63, 3.8) is 0 Å². The first-order valence-corrected chi connectivity index (χ1v) is 9.20. The van der Waals surface area contributed by atoms with Crippen molar-refractivity contribution in [2.24, 2.45) is 0 Å². The fourth-order valence-electron chi connectivity index (χ4n) is 2.02. The highest BCUT2D eigenvalue weighted by molar-refractivity contribution is 7.89. The maximum absolute atomic E-state index is 12.2. The summed E-state index contributed by atoms with van der Waals surface area (Å²) in [6.07, 6.45) is 1.41. The van der Waals surface area contributed by atoms with E-state index in [2.05, 4.69) is 22.2 Å². The lowest BCUT2D eigenvalue weighted by Crippen LogP contribution is -2.41. The molecule has 0 spiro atoms. The molecule has 0 atom stereocenters. The largest absolute Gasteiger partial charge is 0.269 e. The Labute approximate surface area is 152 Å². The highest BCUT2D eigenvalue weighted by atomic mass is 32.2. The second-order valence-corrected chi connectivity index (χ2v) is 7.21. The molecule has 0 saturated carbocycles. The SMILES string of the molecule is C=CCNS(=O)(=O)c1cccc(C(=O)NNC(=O)c2ccc(C)cc2)c1. The molecular weight excluding hydrogens is 354 g/mol. The third-order valence-corrected chi connectivity index (χ3v) is 4.85. The number of hydrogen-bond acceptors (Lipinski definition) is 4. The van der Waals surface area contributed by atoms with Crippen LogP contribution in [0.4, 0.5) is 0 Å². The number of carbonyl (C=O) groups excluding carboxylic acids is 2. The molecule has 2 rings (SSSR count). The van der Waals surface area contributed by atoms with Crippen LogP contribution >= 0.6 is 0 Å². The van der Waals surface area contributed by atoms with Gasteiger partial charge in [0.25, 0.3) is 11.8 Å². The fourth-order valence-corrected chi connectivity index (χ4v) is 3.06. The summed E-state index contributed by atoms with van der Waals surface area (Å²) in [6, 6.07) is 12.3. The fraction of sp³-hybridized carbons (Fsp3) is 0.111. The molecule has 0 bridgehead atoms. The summed E-state index contributed by atoms with van der Waals surface area (Å²) in [4.78, 5) is 24.1. The molecule has 0 radical (unpaired) electrons. The summed E-state index contributed by atoms with van der Waals surface area (Å²) >= 11 is 0. The van der Waals surface area contributed by atoms with Crippen LogP contribution in [0, 0.1) is 6.92 Å². The van der Waals surface area contributed by atoms with E-state index in [0.29, 0.717) is 5.56 Å². The van der Waals surface area contributed by atoms with Crippen LogP contribution in [-0.4, -0.2) is 26.8 Å². The van der Waals surface area contributed by atoms with Crippen molar-refractivity contribution in [2.75, 3.05) is 6.54 Å². The molecule has 0 saturated heterocycles. The average Bonchev–Trinajstić information content (AvgIpc) is 2.65. The predicted molar refractivity (Wildman–Crippen MR) is 97.9 cm³/mol. The monoisotopic (exact) mass is 373 g/mol. The molecule has 136 valence electrons. The number of sulfonamides is 1. The first kappa shape index (κ1) is 19.4. The first-order chi connectivity index (χ1) is 12.3. The lowest BCUT2D eigenvalue weighted by molar-refractivity contribution is 0.0846. The van der Waals surface area contributed by atoms with E-state index in [9.17, 15) is 18.0 Å². The third-order valence-electron chi connectivity index (χ3n) is 3.43. The van der Waals surface area contributed by atoms with E-state index in [-0.39, 0.29) is 17.0 Å². The van der Waals surface area contributed by atoms with E-state index in [0.717, 1.165) is 5.56 Å². The minimum atomic E-state index is -3.75. The van der Waals surface area contributed by atoms with Gasteiger partial charge in [-0.05, 0) is 37.3 Å². The van der Waals surface area contributed by atoms with Crippen molar-refractivity contribution < 1.29 is 18.0 Å². The Kier molecular flexibility index (Phi) is 6.26. The van der Waals surface area contributed by atoms with Gasteiger partial charge in [-0.1, -0.05) is 29.8 Å². The molecule has 8 heteroatoms. The molecule has 26 heavy (non-hydrogen) atoms. The van der Waals surface area contributed by atoms with E-state index in [1.54, 1.807) is 24.3 Å². The Hall–Kier alpha value is -2.97. The molecule has 0 aliphatic heterocycles. The standard InChI is InChI=1S/C18H19N3O4S/c1-3-11-19-26(24,25)16-6-4-5-15(12-16)18(23)21-20-17(22)14-9-7-13(2)8-10-14/h3-10,12,19H,1,11H2,2H3,(H,20,22)(H,21,23). The number of nitrogens with one attached hydrogen (secondary N) is 3. The molecule has 2 amide bonds. The summed E-state index contributed by atoms with van der Waals surface area (Å²) in [5, 5.41) is 0. The maximum atomic E-state index is 12.2. The molecular formula is C18H19N3O4S. The molecule has 0 aliphatic carbocycles. The van der Waals surface area contributed by atoms with E-state index >= 15 is 0 Å². The minimum Gasteiger partial charge on any atom is -0.267 e. The van der Waals surface area contributed by atoms with Crippen LogP contribution in [0.5, 0.6) is 0 Å². The van der Waals surface area contributed by atoms with Crippen LogP contribution in [0.1, 0.15) is 26.3 Å². The summed E-state index contributed by atoms with van der Waals surface area (Å²) in [5.74, 6) is -1.11. The summed E-state index contributed by atoms with van der Waals surface area (Å²) in [5.41, 5.74) is 6.05. The van der Waals surface area contributed by atoms with Crippen molar-refractivity contribution >= 4 is 21.8 Å². The van der Waals surface area contributed by atoms with Crippen molar-refractivity contribution in [1.82, 2.24) is 15.6 Å². The summed E-state index contributed by atoms with van der Waals surface area (Å²) < 4.78 is 26.5. The summed E-state index contributed by atoms with van der Waals surface area (Å²) in [7, 11) is -3.75. The second-order valence-electron chi connectivity index (χ2n) is 5.44. The second kappa shape index (κ2) is 8.41. The molecule has 0 unspecified atom stereocenters. The third kappa shape index (κ3) is 5.01. The maximum Gasteiger partial charge on any atom is 0.269 e. The molecule has 2 aromatic carbocycles. The lowest BCUT2D eigenvalue weighted by atomic mass is 10.1. The zero-order valence-corrected chi connectivity index (χ0v) is 15.0. The van der Waals surface area contributed by atoms with Crippen LogP contribution < -0.4 is 15.6 Å². The Morgan fingerprint density at radius 3 is 2.23 bits per heavy atom. The topological polar surface area (TPSA) is 104 Å². The van der Waals surface area contributed by atoms with Gasteiger partial charge in [0.1, 0.15) is 0 Å². The quantitative estimate of drug-likeness (QED) is 0.528. The molecule has 3 N–H and O–H groups in total. The van der Waals surface area contributed by atoms with Gasteiger partial charge >= 0.3 is 0 Å². The Balaban J connectivity index is 2.05. The van der Waals surface area contributed by atoms with E-state index in [4.69, 9.17) is 0 Å². The van der Waals surface area contributed by atoms with E-state index < -0.39 is 21.8 Å². The van der Waals surface area contributed by atoms with E-state index in [1.807, 2.05) is 6.92 Å². The van der Waals surface area contributed by atoms with Crippen LogP contribution in [0.25, 0.3) is 0 Å². The zero-order valence-electron chi connectivity index (χ0n) is 14.2. The highest BCUT2D eigenvalue weighted by Gasteiger charge is 2.16. The van der Waals surface area contributed by atoms with Crippen LogP contribution in [0.2, 0.25) is 0 Å². The van der Waals surface area contributed by atoms with Crippen molar-refractivity contribution in [3.05, 3.63) is 77.9 Å². The van der Waals surface area contributed by atoms with Gasteiger partial charge in [0.05, 0.1) is 4.90 Å². The van der Waals surface area contributed by atoms with Gasteiger partial charge in [0.15, 0.2) is 0 Å². The number of aryl methyl sites for hydroxylation is 1. The summed E-state index contributed by atoms with van der Waals surface area (Å²) in [6.45, 7) is 5.41. The number of hydrogen-bond donors (Lipinski definition) is 3. The average molecular weight is 373 g/mol. The van der Waals surface area contributed by atoms with Crippen LogP contribution in [0.15, 0.2) is 66.1 Å². The van der Waals surface area contributed by atoms with Crippen molar-refractivity contribution in [1.29, 1.82) is 0 Å². The minimum absolute atomic E-state index is 0.0585. The predicted octanol–water partition coefficient (Wildman–Crippen LogP) is 1.53. The molecule has 7 nitrogen and oxygen atoms in total. The van der Waals surface area contributed by atoms with Crippen LogP contribution in [-0.2, 0) is 10.0 Å². The zero-order chi connectivity index (χ0) is 19.2. The molecule has 0 heterocycles. The van der Waals surface area contributed by atoms with Gasteiger partial charge in [-0.3, -0.25) is 20.4 Å². The molecule has 0 aromatic heterocycles.